The number of rotatable bonds is 6. The highest BCUT2D eigenvalue weighted by Gasteiger charge is 2.42. The molecular weight excluding hydrogens is 432 g/mol. The average Bonchev–Trinajstić information content (AvgIpc) is 2.80. The third kappa shape index (κ3) is 5.47. The Kier molecular flexibility index (Phi) is 7.96. The molecular formula is C22H30N4O7. The van der Waals surface area contributed by atoms with Crippen molar-refractivity contribution in [2.75, 3.05) is 46.0 Å². The fourth-order valence-corrected chi connectivity index (χ4v) is 3.77. The second-order valence-corrected chi connectivity index (χ2v) is 7.45. The molecule has 1 aromatic rings. The first-order chi connectivity index (χ1) is 15.9. The Bertz CT molecular complexity index is 912. The minimum absolute atomic E-state index is 0.0483. The molecule has 2 aliphatic rings. The molecule has 0 spiro atoms. The van der Waals surface area contributed by atoms with Gasteiger partial charge in [0.05, 0.1) is 19.8 Å². The second kappa shape index (κ2) is 10.9. The van der Waals surface area contributed by atoms with Gasteiger partial charge in [-0.2, -0.15) is 0 Å². The number of carbonyl (C=O) groups is 3. The van der Waals surface area contributed by atoms with Crippen LogP contribution in [-0.2, 0) is 19.1 Å². The number of carbonyl (C=O) groups excluding carboxylic acids is 3. The minimum Gasteiger partial charge on any atom is -0.504 e. The Morgan fingerprint density at radius 2 is 1.79 bits per heavy atom. The molecule has 180 valence electrons. The standard InChI is InChI=1S/C22H30N4O7/c1-4-31-16-13-14(7-8-15(16)27)18-17(20(29)32-5-2)19(28)24-21(23-18)25-9-11-26(12-10-25)22(30)33-6-3/h7-8,13,17-18,27H,4-6,9-12H2,1-3H3,(H,23,24,28). The monoisotopic (exact) mass is 462 g/mol. The summed E-state index contributed by atoms with van der Waals surface area (Å²) in [5.74, 6) is -1.88. The van der Waals surface area contributed by atoms with E-state index in [2.05, 4.69) is 10.3 Å². The van der Waals surface area contributed by atoms with Crippen molar-refractivity contribution < 1.29 is 33.7 Å². The maximum atomic E-state index is 13.0. The van der Waals surface area contributed by atoms with E-state index in [1.807, 2.05) is 4.90 Å². The number of nitrogens with one attached hydrogen (secondary N) is 1. The van der Waals surface area contributed by atoms with Crippen LogP contribution in [-0.4, -0.2) is 84.8 Å². The highest BCUT2D eigenvalue weighted by molar-refractivity contribution is 6.08. The van der Waals surface area contributed by atoms with Gasteiger partial charge in [0.1, 0.15) is 6.04 Å². The van der Waals surface area contributed by atoms with Crippen LogP contribution in [0.1, 0.15) is 32.4 Å². The van der Waals surface area contributed by atoms with Gasteiger partial charge in [-0.05, 0) is 38.5 Å². The minimum atomic E-state index is -1.19. The summed E-state index contributed by atoms with van der Waals surface area (Å²) in [6.07, 6.45) is -0.375. The van der Waals surface area contributed by atoms with E-state index in [1.54, 1.807) is 37.8 Å². The van der Waals surface area contributed by atoms with Crippen molar-refractivity contribution in [2.24, 2.45) is 10.9 Å². The van der Waals surface area contributed by atoms with Gasteiger partial charge < -0.3 is 29.1 Å². The lowest BCUT2D eigenvalue weighted by Gasteiger charge is -2.38. The van der Waals surface area contributed by atoms with Crippen molar-refractivity contribution in [3.63, 3.8) is 0 Å². The van der Waals surface area contributed by atoms with Gasteiger partial charge in [0.15, 0.2) is 17.4 Å². The smallest absolute Gasteiger partial charge is 0.409 e. The van der Waals surface area contributed by atoms with Gasteiger partial charge in [-0.3, -0.25) is 14.9 Å². The highest BCUT2D eigenvalue weighted by Crippen LogP contribution is 2.36. The zero-order valence-electron chi connectivity index (χ0n) is 19.1. The molecule has 1 saturated heterocycles. The maximum absolute atomic E-state index is 13.0. The lowest BCUT2D eigenvalue weighted by Crippen LogP contribution is -2.58. The number of phenolic OH excluding ortho intramolecular Hbond substituents is 1. The van der Waals surface area contributed by atoms with Gasteiger partial charge in [0, 0.05) is 26.2 Å². The molecule has 2 N–H and O–H groups in total. The van der Waals surface area contributed by atoms with E-state index in [-0.39, 0.29) is 24.2 Å². The summed E-state index contributed by atoms with van der Waals surface area (Å²) < 4.78 is 15.6. The third-order valence-corrected chi connectivity index (χ3v) is 5.37. The van der Waals surface area contributed by atoms with E-state index < -0.39 is 23.8 Å². The fourth-order valence-electron chi connectivity index (χ4n) is 3.77. The first kappa shape index (κ1) is 24.1. The van der Waals surface area contributed by atoms with Crippen LogP contribution in [0.3, 0.4) is 0 Å². The predicted octanol–water partition coefficient (Wildman–Crippen LogP) is 1.27. The Labute approximate surface area is 192 Å². The Morgan fingerprint density at radius 3 is 2.42 bits per heavy atom. The fraction of sp³-hybridized carbons (Fsp3) is 0.545. The first-order valence-corrected chi connectivity index (χ1v) is 11.1. The van der Waals surface area contributed by atoms with E-state index in [0.29, 0.717) is 50.9 Å². The predicted molar refractivity (Wildman–Crippen MR) is 118 cm³/mol. The van der Waals surface area contributed by atoms with Crippen LogP contribution in [0.2, 0.25) is 0 Å². The van der Waals surface area contributed by atoms with E-state index in [9.17, 15) is 19.5 Å². The maximum Gasteiger partial charge on any atom is 0.409 e. The quantitative estimate of drug-likeness (QED) is 0.478. The van der Waals surface area contributed by atoms with Gasteiger partial charge in [-0.15, -0.1) is 0 Å². The number of aliphatic imine (C=N–C) groups is 1. The van der Waals surface area contributed by atoms with Gasteiger partial charge in [-0.25, -0.2) is 9.79 Å². The molecule has 11 heteroatoms. The van der Waals surface area contributed by atoms with Gasteiger partial charge >= 0.3 is 12.1 Å². The summed E-state index contributed by atoms with van der Waals surface area (Å²) in [5, 5.41) is 12.8. The molecule has 0 radical (unpaired) electrons. The van der Waals surface area contributed by atoms with Gasteiger partial charge in [-0.1, -0.05) is 6.07 Å². The zero-order chi connectivity index (χ0) is 24.0. The molecule has 0 aromatic heterocycles. The number of hydrogen-bond donors (Lipinski definition) is 2. The van der Waals surface area contributed by atoms with Crippen LogP contribution in [0.5, 0.6) is 11.5 Å². The molecule has 2 aliphatic heterocycles. The molecule has 2 heterocycles. The summed E-state index contributed by atoms with van der Waals surface area (Å²) in [4.78, 5) is 45.7. The molecule has 3 rings (SSSR count). The molecule has 0 aliphatic carbocycles. The van der Waals surface area contributed by atoms with Crippen molar-refractivity contribution in [3.05, 3.63) is 23.8 Å². The number of amides is 2. The van der Waals surface area contributed by atoms with E-state index in [4.69, 9.17) is 14.2 Å². The number of hydrogen-bond acceptors (Lipinski definition) is 9. The normalized spacial score (nSPS) is 20.6. The summed E-state index contributed by atoms with van der Waals surface area (Å²) in [5.41, 5.74) is 0.534. The Balaban J connectivity index is 1.89. The van der Waals surface area contributed by atoms with Crippen LogP contribution in [0.25, 0.3) is 0 Å². The second-order valence-electron chi connectivity index (χ2n) is 7.45. The molecule has 11 nitrogen and oxygen atoms in total. The zero-order valence-corrected chi connectivity index (χ0v) is 19.1. The number of piperazine rings is 1. The molecule has 2 unspecified atom stereocenters. The van der Waals surface area contributed by atoms with Crippen molar-refractivity contribution in [3.8, 4) is 11.5 Å². The Morgan fingerprint density at radius 1 is 1.09 bits per heavy atom. The molecule has 1 aromatic carbocycles. The van der Waals surface area contributed by atoms with Crippen LogP contribution in [0, 0.1) is 5.92 Å². The van der Waals surface area contributed by atoms with E-state index >= 15 is 0 Å². The van der Waals surface area contributed by atoms with Crippen molar-refractivity contribution in [2.45, 2.75) is 26.8 Å². The van der Waals surface area contributed by atoms with Gasteiger partial charge in [0.25, 0.3) is 0 Å². The molecule has 0 bridgehead atoms. The molecule has 2 amide bonds. The van der Waals surface area contributed by atoms with E-state index in [0.717, 1.165) is 0 Å². The van der Waals surface area contributed by atoms with Crippen LogP contribution in [0.4, 0.5) is 4.79 Å². The number of aromatic hydroxyl groups is 1. The number of phenols is 1. The molecule has 0 saturated carbocycles. The van der Waals surface area contributed by atoms with Crippen LogP contribution >= 0.6 is 0 Å². The van der Waals surface area contributed by atoms with Gasteiger partial charge in [0.2, 0.25) is 11.9 Å². The third-order valence-electron chi connectivity index (χ3n) is 5.37. The van der Waals surface area contributed by atoms with E-state index in [1.165, 1.54) is 6.07 Å². The summed E-state index contributed by atoms with van der Waals surface area (Å²) in [7, 11) is 0. The largest absolute Gasteiger partial charge is 0.504 e. The summed E-state index contributed by atoms with van der Waals surface area (Å²) in [6, 6.07) is 3.76. The highest BCUT2D eigenvalue weighted by atomic mass is 16.6. The molecule has 33 heavy (non-hydrogen) atoms. The molecule has 1 fully saturated rings. The first-order valence-electron chi connectivity index (χ1n) is 11.1. The van der Waals surface area contributed by atoms with Crippen molar-refractivity contribution in [1.29, 1.82) is 0 Å². The Hall–Kier alpha value is -3.50. The average molecular weight is 463 g/mol. The number of guanidine groups is 1. The van der Waals surface area contributed by atoms with Crippen LogP contribution in [0.15, 0.2) is 23.2 Å². The lowest BCUT2D eigenvalue weighted by molar-refractivity contribution is -0.153. The number of benzene rings is 1. The summed E-state index contributed by atoms with van der Waals surface area (Å²) >= 11 is 0. The number of nitrogens with zero attached hydrogens (tertiary/aromatic N) is 3. The molecule has 2 atom stereocenters. The van der Waals surface area contributed by atoms with Crippen molar-refractivity contribution >= 4 is 23.9 Å². The SMILES string of the molecule is CCOC(=O)C1C(=O)NC(N2CCN(C(=O)OCC)CC2)=NC1c1ccc(O)c(OCC)c1. The van der Waals surface area contributed by atoms with Crippen LogP contribution < -0.4 is 10.1 Å². The topological polar surface area (TPSA) is 130 Å². The summed E-state index contributed by atoms with van der Waals surface area (Å²) in [6.45, 7) is 7.66. The van der Waals surface area contributed by atoms with Crippen molar-refractivity contribution in [1.82, 2.24) is 15.1 Å². The number of esters is 1. The lowest BCUT2D eigenvalue weighted by atomic mass is 9.91. The number of ether oxygens (including phenoxy) is 3.